The fourth-order valence-electron chi connectivity index (χ4n) is 2.89. The fraction of sp³-hybridized carbons (Fsp3) is 0.571. The molecule has 0 saturated carbocycles. The second-order valence-corrected chi connectivity index (χ2v) is 7.61. The van der Waals surface area contributed by atoms with Crippen LogP contribution >= 0.6 is 0 Å². The third-order valence-electron chi connectivity index (χ3n) is 4.71. The van der Waals surface area contributed by atoms with Crippen LogP contribution in [0.15, 0.2) is 60.7 Å². The van der Waals surface area contributed by atoms with Gasteiger partial charge in [-0.1, -0.05) is 36.4 Å². The molecule has 0 unspecified atom stereocenters. The van der Waals surface area contributed by atoms with Crippen molar-refractivity contribution in [3.63, 3.8) is 0 Å². The molecule has 0 spiro atoms. The molecule has 2 aromatic carbocycles. The van der Waals surface area contributed by atoms with Crippen LogP contribution in [-0.2, 0) is 33.2 Å². The average molecular weight is 523 g/mol. The minimum atomic E-state index is 0.522. The zero-order chi connectivity index (χ0) is 25.9. The Morgan fingerprint density at radius 1 is 0.270 bits per heavy atom. The van der Waals surface area contributed by atoms with E-state index in [-0.39, 0.29) is 0 Å². The lowest BCUT2D eigenvalue weighted by atomic mass is 10.3. The van der Waals surface area contributed by atoms with Crippen molar-refractivity contribution < 1.29 is 42.6 Å². The lowest BCUT2D eigenvalue weighted by Gasteiger charge is -2.09. The standard InChI is InChI=1S/C28H42O9/c1-3-7-27(8-4-1)36-25-23-34-21-19-32-17-15-30-13-11-29-12-14-31-16-18-33-20-22-35-24-26-37-28-9-5-2-6-10-28/h1-10H,11-26H2. The Labute approximate surface area is 220 Å². The van der Waals surface area contributed by atoms with Gasteiger partial charge in [-0.05, 0) is 24.3 Å². The third-order valence-corrected chi connectivity index (χ3v) is 4.71. The first kappa shape index (κ1) is 31.0. The maximum Gasteiger partial charge on any atom is 0.119 e. The van der Waals surface area contributed by atoms with Gasteiger partial charge in [0.05, 0.1) is 92.5 Å². The first-order valence-electron chi connectivity index (χ1n) is 12.8. The zero-order valence-electron chi connectivity index (χ0n) is 21.8. The van der Waals surface area contributed by atoms with Gasteiger partial charge in [0, 0.05) is 0 Å². The largest absolute Gasteiger partial charge is 0.491 e. The molecule has 0 atom stereocenters. The molecule has 0 bridgehead atoms. The lowest BCUT2D eigenvalue weighted by Crippen LogP contribution is -2.15. The molecular weight excluding hydrogens is 480 g/mol. The number of rotatable bonds is 26. The van der Waals surface area contributed by atoms with E-state index < -0.39 is 0 Å². The molecule has 0 heterocycles. The van der Waals surface area contributed by atoms with Gasteiger partial charge in [0.15, 0.2) is 0 Å². The van der Waals surface area contributed by atoms with E-state index in [1.807, 2.05) is 60.7 Å². The van der Waals surface area contributed by atoms with Gasteiger partial charge in [0.2, 0.25) is 0 Å². The molecule has 37 heavy (non-hydrogen) atoms. The molecule has 2 aromatic rings. The monoisotopic (exact) mass is 522 g/mol. The Hall–Kier alpha value is -2.24. The molecule has 0 saturated heterocycles. The first-order valence-corrected chi connectivity index (χ1v) is 12.8. The van der Waals surface area contributed by atoms with Crippen molar-refractivity contribution in [2.75, 3.05) is 106 Å². The summed E-state index contributed by atoms with van der Waals surface area (Å²) in [6.45, 7) is 8.43. The van der Waals surface area contributed by atoms with Gasteiger partial charge >= 0.3 is 0 Å². The number of para-hydroxylation sites is 2. The van der Waals surface area contributed by atoms with E-state index in [1.54, 1.807) is 0 Å². The summed E-state index contributed by atoms with van der Waals surface area (Å²) in [4.78, 5) is 0. The highest BCUT2D eigenvalue weighted by molar-refractivity contribution is 5.21. The van der Waals surface area contributed by atoms with Crippen LogP contribution in [0.3, 0.4) is 0 Å². The van der Waals surface area contributed by atoms with Crippen molar-refractivity contribution in [3.8, 4) is 11.5 Å². The predicted molar refractivity (Wildman–Crippen MR) is 140 cm³/mol. The quantitative estimate of drug-likeness (QED) is 0.173. The molecule has 208 valence electrons. The van der Waals surface area contributed by atoms with Crippen molar-refractivity contribution in [2.45, 2.75) is 0 Å². The molecule has 2 rings (SSSR count). The summed E-state index contributed by atoms with van der Waals surface area (Å²) in [7, 11) is 0. The molecule has 0 N–H and O–H groups in total. The summed E-state index contributed by atoms with van der Waals surface area (Å²) in [6, 6.07) is 19.4. The molecule has 0 aliphatic heterocycles. The van der Waals surface area contributed by atoms with Gasteiger partial charge < -0.3 is 42.6 Å². The summed E-state index contributed by atoms with van der Waals surface area (Å²) >= 11 is 0. The highest BCUT2D eigenvalue weighted by atomic mass is 16.6. The maximum absolute atomic E-state index is 5.54. The first-order chi connectivity index (χ1) is 18.4. The van der Waals surface area contributed by atoms with E-state index >= 15 is 0 Å². The Kier molecular flexibility index (Phi) is 20.2. The summed E-state index contributed by atoms with van der Waals surface area (Å²) in [5.41, 5.74) is 0. The van der Waals surface area contributed by atoms with Crippen LogP contribution in [0.25, 0.3) is 0 Å². The fourth-order valence-corrected chi connectivity index (χ4v) is 2.89. The van der Waals surface area contributed by atoms with Crippen LogP contribution in [-0.4, -0.2) is 106 Å². The van der Waals surface area contributed by atoms with Gasteiger partial charge in [-0.15, -0.1) is 0 Å². The Bertz CT molecular complexity index is 657. The van der Waals surface area contributed by atoms with Crippen molar-refractivity contribution in [3.05, 3.63) is 60.7 Å². The normalized spacial score (nSPS) is 11.0. The van der Waals surface area contributed by atoms with Crippen molar-refractivity contribution in [1.82, 2.24) is 0 Å². The maximum atomic E-state index is 5.54. The summed E-state index contributed by atoms with van der Waals surface area (Å²) in [5.74, 6) is 1.70. The lowest BCUT2D eigenvalue weighted by molar-refractivity contribution is -0.0218. The Morgan fingerprint density at radius 2 is 0.486 bits per heavy atom. The smallest absolute Gasteiger partial charge is 0.119 e. The van der Waals surface area contributed by atoms with E-state index in [0.717, 1.165) is 11.5 Å². The van der Waals surface area contributed by atoms with E-state index in [2.05, 4.69) is 0 Å². The van der Waals surface area contributed by atoms with Crippen molar-refractivity contribution in [2.24, 2.45) is 0 Å². The summed E-state index contributed by atoms with van der Waals surface area (Å²) in [6.07, 6.45) is 0. The molecule has 0 aliphatic rings. The number of hydrogen-bond acceptors (Lipinski definition) is 9. The second-order valence-electron chi connectivity index (χ2n) is 7.61. The van der Waals surface area contributed by atoms with Crippen LogP contribution < -0.4 is 9.47 Å². The van der Waals surface area contributed by atoms with Crippen molar-refractivity contribution >= 4 is 0 Å². The van der Waals surface area contributed by atoms with E-state index in [0.29, 0.717) is 106 Å². The predicted octanol–water partition coefficient (Wildman–Crippen LogP) is 3.26. The molecule has 9 heteroatoms. The Balaban J connectivity index is 1.17. The highest BCUT2D eigenvalue weighted by Gasteiger charge is 1.96. The van der Waals surface area contributed by atoms with Crippen LogP contribution in [0.4, 0.5) is 0 Å². The van der Waals surface area contributed by atoms with Crippen LogP contribution in [0.2, 0.25) is 0 Å². The molecule has 0 aromatic heterocycles. The molecule has 9 nitrogen and oxygen atoms in total. The highest BCUT2D eigenvalue weighted by Crippen LogP contribution is 2.08. The minimum absolute atomic E-state index is 0.522. The Morgan fingerprint density at radius 3 is 0.730 bits per heavy atom. The summed E-state index contributed by atoms with van der Waals surface area (Å²) < 4.78 is 49.3. The van der Waals surface area contributed by atoms with E-state index in [4.69, 9.17) is 42.6 Å². The van der Waals surface area contributed by atoms with Gasteiger partial charge in [0.1, 0.15) is 24.7 Å². The average Bonchev–Trinajstić information content (AvgIpc) is 2.94. The van der Waals surface area contributed by atoms with Gasteiger partial charge in [-0.2, -0.15) is 0 Å². The van der Waals surface area contributed by atoms with Gasteiger partial charge in [-0.25, -0.2) is 0 Å². The number of hydrogen-bond donors (Lipinski definition) is 0. The summed E-state index contributed by atoms with van der Waals surface area (Å²) in [5, 5.41) is 0. The van der Waals surface area contributed by atoms with Crippen LogP contribution in [0, 0.1) is 0 Å². The molecule has 0 fully saturated rings. The third kappa shape index (κ3) is 19.5. The molecular formula is C28H42O9. The second kappa shape index (κ2) is 24.1. The SMILES string of the molecule is c1ccc(OCCOCCOCCOCCOCCOCCOCCOCCOc2ccccc2)cc1. The van der Waals surface area contributed by atoms with Gasteiger partial charge in [0.25, 0.3) is 0 Å². The minimum Gasteiger partial charge on any atom is -0.491 e. The molecule has 0 amide bonds. The van der Waals surface area contributed by atoms with Crippen LogP contribution in [0.1, 0.15) is 0 Å². The van der Waals surface area contributed by atoms with Crippen LogP contribution in [0.5, 0.6) is 11.5 Å². The van der Waals surface area contributed by atoms with Crippen molar-refractivity contribution in [1.29, 1.82) is 0 Å². The van der Waals surface area contributed by atoms with E-state index in [1.165, 1.54) is 0 Å². The molecule has 0 radical (unpaired) electrons. The molecule has 0 aliphatic carbocycles. The topological polar surface area (TPSA) is 83.1 Å². The number of ether oxygens (including phenoxy) is 9. The van der Waals surface area contributed by atoms with Gasteiger partial charge in [-0.3, -0.25) is 0 Å². The number of benzene rings is 2. The zero-order valence-corrected chi connectivity index (χ0v) is 21.8. The van der Waals surface area contributed by atoms with E-state index in [9.17, 15) is 0 Å².